The molecule has 1 amide bonds. The SMILES string of the molecule is C=CC(=O)Nc1cc(Nc2cc(N3OCC[C@@H]3c3cccc(Oc4ccccc4)c3)ncn2)c(OC)cc1N1CCO[C@H](C)C1. The second-order valence-electron chi connectivity index (χ2n) is 10.7. The molecular weight excluding hydrogens is 572 g/mol. The van der Waals surface area contributed by atoms with E-state index in [2.05, 4.69) is 38.1 Å². The van der Waals surface area contributed by atoms with Crippen molar-refractivity contribution in [1.29, 1.82) is 0 Å². The van der Waals surface area contributed by atoms with Crippen molar-refractivity contribution < 1.29 is 23.8 Å². The number of hydrogen-bond acceptors (Lipinski definition) is 10. The molecule has 2 saturated heterocycles. The van der Waals surface area contributed by atoms with Crippen molar-refractivity contribution in [2.45, 2.75) is 25.5 Å². The van der Waals surface area contributed by atoms with E-state index in [1.807, 2.05) is 78.7 Å². The van der Waals surface area contributed by atoms with Gasteiger partial charge in [0.25, 0.3) is 0 Å². The minimum atomic E-state index is -0.312. The van der Waals surface area contributed by atoms with Gasteiger partial charge in [0.05, 0.1) is 49.5 Å². The van der Waals surface area contributed by atoms with E-state index in [0.29, 0.717) is 55.1 Å². The molecule has 4 aromatic rings. The van der Waals surface area contributed by atoms with E-state index in [1.165, 1.54) is 12.4 Å². The summed E-state index contributed by atoms with van der Waals surface area (Å²) >= 11 is 0. The number of hydrogen-bond donors (Lipinski definition) is 2. The third kappa shape index (κ3) is 7.00. The zero-order valence-corrected chi connectivity index (χ0v) is 25.3. The van der Waals surface area contributed by atoms with Gasteiger partial charge in [-0.3, -0.25) is 9.63 Å². The van der Waals surface area contributed by atoms with Crippen molar-refractivity contribution in [1.82, 2.24) is 9.97 Å². The summed E-state index contributed by atoms with van der Waals surface area (Å²) in [4.78, 5) is 29.6. The maximum atomic E-state index is 12.4. The van der Waals surface area contributed by atoms with Crippen LogP contribution in [-0.4, -0.2) is 55.4 Å². The summed E-state index contributed by atoms with van der Waals surface area (Å²) in [5.74, 6) is 2.93. The predicted molar refractivity (Wildman–Crippen MR) is 174 cm³/mol. The molecule has 0 aliphatic carbocycles. The van der Waals surface area contributed by atoms with Gasteiger partial charge in [0.1, 0.15) is 29.4 Å². The van der Waals surface area contributed by atoms with E-state index >= 15 is 0 Å². The summed E-state index contributed by atoms with van der Waals surface area (Å²) in [7, 11) is 1.61. The van der Waals surface area contributed by atoms with Gasteiger partial charge >= 0.3 is 0 Å². The minimum absolute atomic E-state index is 0.0560. The normalized spacial score (nSPS) is 17.9. The maximum absolute atomic E-state index is 12.4. The van der Waals surface area contributed by atoms with Crippen LogP contribution in [-0.2, 0) is 14.4 Å². The summed E-state index contributed by atoms with van der Waals surface area (Å²) in [6.45, 7) is 8.13. The Morgan fingerprint density at radius 3 is 2.67 bits per heavy atom. The standard InChI is InChI=1S/C34H36N6O5/c1-4-34(41)38-27-18-28(31(42-3)19-30(27)39-14-16-43-23(2)21-39)37-32-20-33(36-22-35-32)40-29(13-15-44-40)24-9-8-12-26(17-24)45-25-10-6-5-7-11-25/h4-12,17-20,22-23,29H,1,13-16,21H2,2-3H3,(H,38,41)(H,35,36,37)/t23-,29-/m1/s1. The van der Waals surface area contributed by atoms with Crippen molar-refractivity contribution in [3.63, 3.8) is 0 Å². The first-order chi connectivity index (χ1) is 22.0. The average Bonchev–Trinajstić information content (AvgIpc) is 3.56. The monoisotopic (exact) mass is 608 g/mol. The minimum Gasteiger partial charge on any atom is -0.494 e. The second-order valence-corrected chi connectivity index (χ2v) is 10.7. The molecule has 6 rings (SSSR count). The van der Waals surface area contributed by atoms with Gasteiger partial charge in [-0.2, -0.15) is 0 Å². The number of hydroxylamine groups is 1. The van der Waals surface area contributed by atoms with E-state index in [-0.39, 0.29) is 18.1 Å². The van der Waals surface area contributed by atoms with Crippen molar-refractivity contribution in [2.24, 2.45) is 0 Å². The van der Waals surface area contributed by atoms with Gasteiger partial charge in [-0.05, 0) is 48.9 Å². The molecule has 3 heterocycles. The number of benzene rings is 3. The van der Waals surface area contributed by atoms with Crippen LogP contribution in [0.2, 0.25) is 0 Å². The number of anilines is 5. The van der Waals surface area contributed by atoms with Gasteiger partial charge in [-0.1, -0.05) is 36.9 Å². The molecule has 0 saturated carbocycles. The number of nitrogens with one attached hydrogen (secondary N) is 2. The van der Waals surface area contributed by atoms with Crippen molar-refractivity contribution >= 4 is 34.6 Å². The number of carbonyl (C=O) groups is 1. The first-order valence-corrected chi connectivity index (χ1v) is 14.9. The Morgan fingerprint density at radius 2 is 1.87 bits per heavy atom. The summed E-state index contributed by atoms with van der Waals surface area (Å²) in [5, 5.41) is 8.10. The van der Waals surface area contributed by atoms with E-state index in [1.54, 1.807) is 7.11 Å². The number of para-hydroxylation sites is 1. The highest BCUT2D eigenvalue weighted by Gasteiger charge is 2.30. The topological polar surface area (TPSA) is 110 Å². The molecule has 2 aliphatic rings. The third-order valence-electron chi connectivity index (χ3n) is 7.61. The molecule has 2 atom stereocenters. The lowest BCUT2D eigenvalue weighted by atomic mass is 10.0. The lowest BCUT2D eigenvalue weighted by molar-refractivity contribution is -0.111. The Labute approximate surface area is 262 Å². The average molecular weight is 609 g/mol. The van der Waals surface area contributed by atoms with Crippen LogP contribution in [0.5, 0.6) is 17.2 Å². The fraction of sp³-hybridized carbons (Fsp3) is 0.265. The number of methoxy groups -OCH3 is 1. The van der Waals surface area contributed by atoms with Crippen LogP contribution >= 0.6 is 0 Å². The molecule has 11 heteroatoms. The molecule has 0 radical (unpaired) electrons. The molecule has 1 aromatic heterocycles. The smallest absolute Gasteiger partial charge is 0.247 e. The van der Waals surface area contributed by atoms with Gasteiger partial charge in [0.15, 0.2) is 5.82 Å². The number of morpholine rings is 1. The van der Waals surface area contributed by atoms with Gasteiger partial charge in [0, 0.05) is 31.6 Å². The highest BCUT2D eigenvalue weighted by Crippen LogP contribution is 2.40. The number of rotatable bonds is 10. The molecule has 3 aromatic carbocycles. The van der Waals surface area contributed by atoms with Gasteiger partial charge < -0.3 is 29.7 Å². The summed E-state index contributed by atoms with van der Waals surface area (Å²) in [6, 6.07) is 23.2. The number of amides is 1. The highest BCUT2D eigenvalue weighted by atomic mass is 16.7. The molecule has 2 fully saturated rings. The van der Waals surface area contributed by atoms with Gasteiger partial charge in [-0.15, -0.1) is 0 Å². The van der Waals surface area contributed by atoms with E-state index < -0.39 is 0 Å². The number of ether oxygens (including phenoxy) is 3. The third-order valence-corrected chi connectivity index (χ3v) is 7.61. The van der Waals surface area contributed by atoms with Crippen molar-refractivity contribution in [3.05, 3.63) is 97.3 Å². The summed E-state index contributed by atoms with van der Waals surface area (Å²) < 4.78 is 17.6. The van der Waals surface area contributed by atoms with E-state index in [9.17, 15) is 4.79 Å². The fourth-order valence-electron chi connectivity index (χ4n) is 5.50. The van der Waals surface area contributed by atoms with Crippen LogP contribution < -0.4 is 30.1 Å². The molecule has 2 N–H and O–H groups in total. The maximum Gasteiger partial charge on any atom is 0.247 e. The lowest BCUT2D eigenvalue weighted by Gasteiger charge is -2.34. The Hall–Kier alpha value is -5.13. The Balaban J connectivity index is 1.25. The zero-order chi connectivity index (χ0) is 31.2. The van der Waals surface area contributed by atoms with Crippen LogP contribution in [0, 0.1) is 0 Å². The Kier molecular flexibility index (Phi) is 9.09. The highest BCUT2D eigenvalue weighted by molar-refractivity contribution is 6.02. The molecule has 0 bridgehead atoms. The van der Waals surface area contributed by atoms with Gasteiger partial charge in [-0.25, -0.2) is 15.0 Å². The fourth-order valence-corrected chi connectivity index (χ4v) is 5.50. The molecular formula is C34H36N6O5. The predicted octanol–water partition coefficient (Wildman–Crippen LogP) is 6.25. The lowest BCUT2D eigenvalue weighted by Crippen LogP contribution is -2.41. The quantitative estimate of drug-likeness (QED) is 0.200. The zero-order valence-electron chi connectivity index (χ0n) is 25.3. The summed E-state index contributed by atoms with van der Waals surface area (Å²) in [6.07, 6.45) is 3.57. The number of nitrogens with zero attached hydrogens (tertiary/aromatic N) is 4. The summed E-state index contributed by atoms with van der Waals surface area (Å²) in [5.41, 5.74) is 3.12. The number of carbonyl (C=O) groups excluding carboxylic acids is 1. The molecule has 0 spiro atoms. The molecule has 2 aliphatic heterocycles. The largest absolute Gasteiger partial charge is 0.494 e. The first-order valence-electron chi connectivity index (χ1n) is 14.9. The molecule has 45 heavy (non-hydrogen) atoms. The van der Waals surface area contributed by atoms with E-state index in [4.69, 9.17) is 19.0 Å². The van der Waals surface area contributed by atoms with Crippen LogP contribution in [0.3, 0.4) is 0 Å². The Morgan fingerprint density at radius 1 is 1.02 bits per heavy atom. The van der Waals surface area contributed by atoms with Crippen LogP contribution in [0.1, 0.15) is 24.9 Å². The van der Waals surface area contributed by atoms with Crippen LogP contribution in [0.25, 0.3) is 0 Å². The van der Waals surface area contributed by atoms with Crippen LogP contribution in [0.15, 0.2) is 91.8 Å². The molecule has 11 nitrogen and oxygen atoms in total. The van der Waals surface area contributed by atoms with E-state index in [0.717, 1.165) is 29.2 Å². The first kappa shape index (κ1) is 29.9. The van der Waals surface area contributed by atoms with Crippen molar-refractivity contribution in [2.75, 3.05) is 54.0 Å². The Bertz CT molecular complexity index is 1650. The second kappa shape index (κ2) is 13.7. The van der Waals surface area contributed by atoms with Crippen molar-refractivity contribution in [3.8, 4) is 17.2 Å². The van der Waals surface area contributed by atoms with Crippen LogP contribution in [0.4, 0.5) is 28.7 Å². The van der Waals surface area contributed by atoms with Gasteiger partial charge in [0.2, 0.25) is 5.91 Å². The number of aromatic nitrogens is 2. The molecule has 232 valence electrons. The molecule has 0 unspecified atom stereocenters.